The van der Waals surface area contributed by atoms with E-state index in [-0.39, 0.29) is 35.9 Å². The fourth-order valence-corrected chi connectivity index (χ4v) is 4.79. The molecule has 1 unspecified atom stereocenters. The molecule has 10 nitrogen and oxygen atoms in total. The summed E-state index contributed by atoms with van der Waals surface area (Å²) >= 11 is 0. The van der Waals surface area contributed by atoms with Crippen LogP contribution in [0.3, 0.4) is 0 Å². The van der Waals surface area contributed by atoms with E-state index < -0.39 is 51.7 Å². The summed E-state index contributed by atoms with van der Waals surface area (Å²) in [5.74, 6) is -3.77. The van der Waals surface area contributed by atoms with Crippen LogP contribution in [-0.2, 0) is 25.6 Å². The van der Waals surface area contributed by atoms with E-state index in [9.17, 15) is 35.6 Å². The fourth-order valence-electron chi connectivity index (χ4n) is 4.16. The maximum atomic E-state index is 14.5. The molecule has 1 aromatic heterocycles. The number of benzene rings is 1. The first kappa shape index (κ1) is 24.9. The molecule has 0 spiro atoms. The van der Waals surface area contributed by atoms with E-state index in [0.29, 0.717) is 19.4 Å². The first-order valence-corrected chi connectivity index (χ1v) is 12.5. The third-order valence-corrected chi connectivity index (χ3v) is 7.02. The van der Waals surface area contributed by atoms with E-state index in [1.165, 1.54) is 17.0 Å². The highest BCUT2D eigenvalue weighted by Gasteiger charge is 2.42. The molecule has 2 aromatic rings. The molecular formula is C20H21F4N5O5S. The molecule has 15 heteroatoms. The number of nitrogens with zero attached hydrogens (tertiary/aromatic N) is 4. The summed E-state index contributed by atoms with van der Waals surface area (Å²) in [4.78, 5) is 31.2. The van der Waals surface area contributed by atoms with Gasteiger partial charge in [-0.2, -0.15) is 18.2 Å². The number of nitrogens with one attached hydrogen (secondary N) is 1. The predicted molar refractivity (Wildman–Crippen MR) is 113 cm³/mol. The van der Waals surface area contributed by atoms with Crippen LogP contribution in [0.4, 0.5) is 29.2 Å². The normalized spacial score (nSPS) is 22.0. The maximum Gasteiger partial charge on any atom is 0.471 e. The fraction of sp³-hybridized carbons (Fsp3) is 0.500. The van der Waals surface area contributed by atoms with Crippen LogP contribution in [0.1, 0.15) is 31.6 Å². The maximum absolute atomic E-state index is 14.5. The van der Waals surface area contributed by atoms with E-state index in [4.69, 9.17) is 0 Å². The van der Waals surface area contributed by atoms with E-state index >= 15 is 0 Å². The van der Waals surface area contributed by atoms with E-state index in [1.807, 2.05) is 0 Å². The highest BCUT2D eigenvalue weighted by molar-refractivity contribution is 7.90. The summed E-state index contributed by atoms with van der Waals surface area (Å²) in [7, 11) is -3.59. The molecule has 3 heterocycles. The van der Waals surface area contributed by atoms with E-state index in [0.717, 1.165) is 17.2 Å². The number of carbonyl (C=O) groups excluding carboxylic acids is 2. The lowest BCUT2D eigenvalue weighted by molar-refractivity contribution is -0.159. The van der Waals surface area contributed by atoms with Crippen LogP contribution < -0.4 is 10.2 Å². The minimum Gasteiger partial charge on any atom is -0.371 e. The molecule has 2 aliphatic heterocycles. The van der Waals surface area contributed by atoms with Crippen LogP contribution in [0.25, 0.3) is 0 Å². The molecule has 2 fully saturated rings. The number of hydrogen-bond donors (Lipinski definition) is 1. The summed E-state index contributed by atoms with van der Waals surface area (Å²) in [6.45, 7) is 0.356. The monoisotopic (exact) mass is 519 g/mol. The summed E-state index contributed by atoms with van der Waals surface area (Å²) in [6.07, 6.45) is -2.78. The Morgan fingerprint density at radius 1 is 1.17 bits per heavy atom. The number of anilines is 2. The van der Waals surface area contributed by atoms with Gasteiger partial charge in [0.1, 0.15) is 11.9 Å². The van der Waals surface area contributed by atoms with E-state index in [2.05, 4.69) is 20.0 Å². The Balaban J connectivity index is 1.42. The van der Waals surface area contributed by atoms with Crippen molar-refractivity contribution in [2.24, 2.45) is 0 Å². The van der Waals surface area contributed by atoms with Crippen molar-refractivity contribution in [3.8, 4) is 0 Å². The number of hydrogen-bond acceptors (Lipinski definition) is 8. The molecule has 190 valence electrons. The average Bonchev–Trinajstić information content (AvgIpc) is 3.26. The number of alkyl halides is 3. The Morgan fingerprint density at radius 3 is 2.51 bits per heavy atom. The zero-order valence-electron chi connectivity index (χ0n) is 18.4. The Morgan fingerprint density at radius 2 is 1.91 bits per heavy atom. The van der Waals surface area contributed by atoms with Crippen molar-refractivity contribution in [3.05, 3.63) is 29.9 Å². The van der Waals surface area contributed by atoms with Crippen LogP contribution >= 0.6 is 0 Å². The number of halogens is 4. The van der Waals surface area contributed by atoms with E-state index in [1.54, 1.807) is 0 Å². The first-order valence-electron chi connectivity index (χ1n) is 10.6. The van der Waals surface area contributed by atoms with Crippen molar-refractivity contribution in [2.75, 3.05) is 29.6 Å². The zero-order chi connectivity index (χ0) is 25.5. The number of amides is 2. The summed E-state index contributed by atoms with van der Waals surface area (Å²) in [5, 5.41) is 6.05. The number of sulfone groups is 1. The van der Waals surface area contributed by atoms with Crippen LogP contribution in [0.5, 0.6) is 0 Å². The Hall–Kier alpha value is -3.23. The molecule has 0 saturated carbocycles. The van der Waals surface area contributed by atoms with Crippen LogP contribution in [0, 0.1) is 5.82 Å². The third-order valence-electron chi connectivity index (χ3n) is 5.91. The van der Waals surface area contributed by atoms with Gasteiger partial charge in [-0.05, 0) is 42.6 Å². The Labute approximate surface area is 197 Å². The third kappa shape index (κ3) is 5.23. The highest BCUT2D eigenvalue weighted by atomic mass is 32.2. The van der Waals surface area contributed by atoms with Gasteiger partial charge in [0.25, 0.3) is 5.95 Å². The second-order valence-corrected chi connectivity index (χ2v) is 10.4. The molecule has 2 saturated heterocycles. The van der Waals surface area contributed by atoms with Gasteiger partial charge >= 0.3 is 12.1 Å². The van der Waals surface area contributed by atoms with Crippen molar-refractivity contribution in [2.45, 2.75) is 48.8 Å². The number of carbonyl (C=O) groups is 2. The molecular weight excluding hydrogens is 498 g/mol. The highest BCUT2D eigenvalue weighted by Crippen LogP contribution is 2.31. The van der Waals surface area contributed by atoms with Crippen LogP contribution in [0.15, 0.2) is 27.6 Å². The number of likely N-dealkylation sites (tertiary alicyclic amines) is 1. The number of piperidine rings is 2. The topological polar surface area (TPSA) is 126 Å². The smallest absolute Gasteiger partial charge is 0.371 e. The van der Waals surface area contributed by atoms with Crippen molar-refractivity contribution in [1.82, 2.24) is 15.0 Å². The van der Waals surface area contributed by atoms with Gasteiger partial charge in [-0.3, -0.25) is 14.5 Å². The molecule has 2 atom stereocenters. The minimum absolute atomic E-state index is 0.0101. The molecule has 2 amide bonds. The zero-order valence-corrected chi connectivity index (χ0v) is 19.2. The summed E-state index contributed by atoms with van der Waals surface area (Å²) in [6, 6.07) is 2.08. The van der Waals surface area contributed by atoms with Gasteiger partial charge in [0, 0.05) is 31.8 Å². The molecule has 0 radical (unpaired) electrons. The van der Waals surface area contributed by atoms with Crippen molar-refractivity contribution in [1.29, 1.82) is 0 Å². The molecule has 1 N–H and O–H groups in total. The molecule has 4 rings (SSSR count). The standard InChI is InChI=1S/C20H21F4N5O5S/c1-35(32,33)12-4-5-14(13(21)10-12)25-15-3-2-7-28(17(15)31)11-6-8-29(16(30)9-11)19-26-18(34-27-19)20(22,23)24/h4-5,10-11,15,25H,2-3,6-9H2,1H3/t11-,15?/m0/s1. The van der Waals surface area contributed by atoms with Crippen molar-refractivity contribution in [3.63, 3.8) is 0 Å². The molecule has 2 aliphatic rings. The average molecular weight is 519 g/mol. The van der Waals surface area contributed by atoms with Gasteiger partial charge in [0.15, 0.2) is 9.84 Å². The molecule has 0 bridgehead atoms. The van der Waals surface area contributed by atoms with Gasteiger partial charge < -0.3 is 14.7 Å². The second kappa shape index (κ2) is 9.09. The van der Waals surface area contributed by atoms with Gasteiger partial charge in [-0.15, -0.1) is 0 Å². The largest absolute Gasteiger partial charge is 0.471 e. The Kier molecular flexibility index (Phi) is 6.46. The SMILES string of the molecule is CS(=O)(=O)c1ccc(NC2CCCN([C@H]3CCN(c4noc(C(F)(F)F)n4)C(=O)C3)C2=O)c(F)c1. The lowest BCUT2D eigenvalue weighted by Gasteiger charge is -2.41. The quantitative estimate of drug-likeness (QED) is 0.597. The lowest BCUT2D eigenvalue weighted by Crippen LogP contribution is -2.56. The van der Waals surface area contributed by atoms with Gasteiger partial charge in [0.2, 0.25) is 11.8 Å². The Bertz CT molecular complexity index is 1250. The lowest BCUT2D eigenvalue weighted by atomic mass is 9.96. The number of rotatable bonds is 5. The van der Waals surface area contributed by atoms with Gasteiger partial charge in [0.05, 0.1) is 10.6 Å². The van der Waals surface area contributed by atoms with Crippen molar-refractivity contribution < 1.29 is 40.1 Å². The predicted octanol–water partition coefficient (Wildman–Crippen LogP) is 2.23. The van der Waals surface area contributed by atoms with Crippen molar-refractivity contribution >= 4 is 33.3 Å². The van der Waals surface area contributed by atoms with Gasteiger partial charge in [-0.1, -0.05) is 0 Å². The molecule has 35 heavy (non-hydrogen) atoms. The minimum atomic E-state index is -4.83. The summed E-state index contributed by atoms with van der Waals surface area (Å²) < 4.78 is 79.9. The van der Waals surface area contributed by atoms with Crippen LogP contribution in [0.2, 0.25) is 0 Å². The van der Waals surface area contributed by atoms with Crippen LogP contribution in [-0.4, -0.2) is 66.7 Å². The first-order chi connectivity index (χ1) is 16.3. The molecule has 1 aromatic carbocycles. The molecule has 0 aliphatic carbocycles. The number of aromatic nitrogens is 2. The van der Waals surface area contributed by atoms with Gasteiger partial charge in [-0.25, -0.2) is 12.8 Å². The summed E-state index contributed by atoms with van der Waals surface area (Å²) in [5.41, 5.74) is -0.0268. The second-order valence-electron chi connectivity index (χ2n) is 8.37.